The van der Waals surface area contributed by atoms with Crippen LogP contribution in [-0.2, 0) is 9.53 Å². The Bertz CT molecular complexity index is 709. The Balaban J connectivity index is 1.63. The van der Waals surface area contributed by atoms with E-state index in [9.17, 15) is 4.79 Å². The molecular formula is C22H27NO2S. The highest BCUT2D eigenvalue weighted by molar-refractivity contribution is 7.11. The lowest BCUT2D eigenvalue weighted by Gasteiger charge is -2.31. The summed E-state index contributed by atoms with van der Waals surface area (Å²) in [4.78, 5) is 15.7. The summed E-state index contributed by atoms with van der Waals surface area (Å²) in [7, 11) is 0. The number of ether oxygens (including phenoxy) is 1. The Labute approximate surface area is 160 Å². The molecule has 4 heteroatoms. The molecule has 1 unspecified atom stereocenters. The molecular weight excluding hydrogens is 342 g/mol. The number of hydrogen-bond acceptors (Lipinski definition) is 4. The number of esters is 1. The monoisotopic (exact) mass is 369 g/mol. The maximum absolute atomic E-state index is 12.0. The van der Waals surface area contributed by atoms with Crippen LogP contribution in [0.4, 0.5) is 0 Å². The Kier molecular flexibility index (Phi) is 7.04. The van der Waals surface area contributed by atoms with Crippen molar-refractivity contribution in [3.8, 4) is 0 Å². The van der Waals surface area contributed by atoms with Crippen molar-refractivity contribution in [2.24, 2.45) is 5.92 Å². The first-order chi connectivity index (χ1) is 12.8. The average Bonchev–Trinajstić information content (AvgIpc) is 3.21. The average molecular weight is 370 g/mol. The van der Waals surface area contributed by atoms with Gasteiger partial charge in [-0.05, 0) is 55.3 Å². The molecule has 2 aromatic rings. The minimum Gasteiger partial charge on any atom is -0.466 e. The summed E-state index contributed by atoms with van der Waals surface area (Å²) in [6.45, 7) is 5.23. The number of piperidine rings is 1. The molecule has 0 radical (unpaired) electrons. The summed E-state index contributed by atoms with van der Waals surface area (Å²) in [5, 5.41) is 2.13. The number of benzene rings is 1. The number of carbonyl (C=O) groups excluding carboxylic acids is 1. The summed E-state index contributed by atoms with van der Waals surface area (Å²) in [5.41, 5.74) is 2.57. The van der Waals surface area contributed by atoms with E-state index in [1.54, 1.807) is 11.3 Å². The van der Waals surface area contributed by atoms with Gasteiger partial charge in [0.05, 0.1) is 12.5 Å². The zero-order chi connectivity index (χ0) is 18.2. The lowest BCUT2D eigenvalue weighted by molar-refractivity contribution is -0.149. The third-order valence-electron chi connectivity index (χ3n) is 4.79. The van der Waals surface area contributed by atoms with Crippen molar-refractivity contribution in [3.63, 3.8) is 0 Å². The van der Waals surface area contributed by atoms with Crippen LogP contribution < -0.4 is 0 Å². The molecule has 1 saturated heterocycles. The van der Waals surface area contributed by atoms with Gasteiger partial charge in [-0.1, -0.05) is 42.5 Å². The van der Waals surface area contributed by atoms with Gasteiger partial charge in [0.15, 0.2) is 0 Å². The van der Waals surface area contributed by atoms with Crippen molar-refractivity contribution in [1.82, 2.24) is 4.90 Å². The summed E-state index contributed by atoms with van der Waals surface area (Å²) in [5.74, 6) is 0.00914. The second kappa shape index (κ2) is 9.70. The van der Waals surface area contributed by atoms with Crippen molar-refractivity contribution in [2.75, 3.05) is 26.2 Å². The van der Waals surface area contributed by atoms with E-state index in [-0.39, 0.29) is 11.9 Å². The second-order valence-corrected chi connectivity index (χ2v) is 7.59. The fourth-order valence-electron chi connectivity index (χ4n) is 3.51. The van der Waals surface area contributed by atoms with E-state index in [0.717, 1.165) is 38.9 Å². The first kappa shape index (κ1) is 18.9. The third kappa shape index (κ3) is 5.05. The molecule has 0 spiro atoms. The minimum absolute atomic E-state index is 0.0312. The van der Waals surface area contributed by atoms with Crippen LogP contribution in [0.1, 0.15) is 36.6 Å². The van der Waals surface area contributed by atoms with E-state index in [1.807, 2.05) is 6.92 Å². The van der Waals surface area contributed by atoms with Gasteiger partial charge in [0.1, 0.15) is 0 Å². The first-order valence-corrected chi connectivity index (χ1v) is 10.3. The van der Waals surface area contributed by atoms with Gasteiger partial charge in [0, 0.05) is 18.0 Å². The van der Waals surface area contributed by atoms with Crippen molar-refractivity contribution in [1.29, 1.82) is 0 Å². The van der Waals surface area contributed by atoms with Crippen molar-refractivity contribution in [3.05, 3.63) is 64.4 Å². The molecule has 0 bridgehead atoms. The highest BCUT2D eigenvalue weighted by Gasteiger charge is 2.26. The van der Waals surface area contributed by atoms with Crippen LogP contribution in [0.25, 0.3) is 5.57 Å². The first-order valence-electron chi connectivity index (χ1n) is 9.46. The lowest BCUT2D eigenvalue weighted by atomic mass is 9.98. The van der Waals surface area contributed by atoms with Gasteiger partial charge in [-0.2, -0.15) is 0 Å². The molecule has 1 aliphatic rings. The van der Waals surface area contributed by atoms with Crippen LogP contribution in [-0.4, -0.2) is 37.1 Å². The lowest BCUT2D eigenvalue weighted by Crippen LogP contribution is -2.39. The Morgan fingerprint density at radius 2 is 2.12 bits per heavy atom. The molecule has 26 heavy (non-hydrogen) atoms. The molecule has 2 heterocycles. The van der Waals surface area contributed by atoms with Gasteiger partial charge in [0.25, 0.3) is 0 Å². The molecule has 1 aromatic heterocycles. The standard InChI is InChI=1S/C22H27NO2S/c1-2-25-22(24)19-11-6-14-23(17-19)15-7-12-20(21-13-8-16-26-21)18-9-4-3-5-10-18/h3-5,8-10,12-13,16,19H,2,6-7,11,14-15,17H2,1H3/b20-12+. The van der Waals surface area contributed by atoms with E-state index in [4.69, 9.17) is 4.74 Å². The van der Waals surface area contributed by atoms with E-state index < -0.39 is 0 Å². The topological polar surface area (TPSA) is 29.5 Å². The van der Waals surface area contributed by atoms with E-state index in [1.165, 1.54) is 16.0 Å². The molecule has 1 aliphatic heterocycles. The SMILES string of the molecule is CCOC(=O)C1CCCN(CC/C=C(\c2ccccc2)c2cccs2)C1. The zero-order valence-electron chi connectivity index (χ0n) is 15.4. The molecule has 0 saturated carbocycles. The van der Waals surface area contributed by atoms with Gasteiger partial charge in [-0.15, -0.1) is 11.3 Å². The largest absolute Gasteiger partial charge is 0.466 e. The predicted octanol–water partition coefficient (Wildman–Crippen LogP) is 4.85. The zero-order valence-corrected chi connectivity index (χ0v) is 16.2. The van der Waals surface area contributed by atoms with Gasteiger partial charge < -0.3 is 9.64 Å². The maximum Gasteiger partial charge on any atom is 0.310 e. The van der Waals surface area contributed by atoms with E-state index in [2.05, 4.69) is 58.8 Å². The van der Waals surface area contributed by atoms with Crippen molar-refractivity contribution >= 4 is 22.9 Å². The highest BCUT2D eigenvalue weighted by Crippen LogP contribution is 2.28. The number of carbonyl (C=O) groups is 1. The van der Waals surface area contributed by atoms with Crippen molar-refractivity contribution < 1.29 is 9.53 Å². The number of nitrogens with zero attached hydrogens (tertiary/aromatic N) is 1. The van der Waals surface area contributed by atoms with E-state index in [0.29, 0.717) is 6.61 Å². The van der Waals surface area contributed by atoms with Crippen LogP contribution in [0.15, 0.2) is 53.9 Å². The summed E-state index contributed by atoms with van der Waals surface area (Å²) in [6.07, 6.45) is 5.35. The Morgan fingerprint density at radius 3 is 2.85 bits per heavy atom. The molecule has 0 amide bonds. The smallest absolute Gasteiger partial charge is 0.310 e. The van der Waals surface area contributed by atoms with Crippen LogP contribution in [0, 0.1) is 5.92 Å². The fourth-order valence-corrected chi connectivity index (χ4v) is 4.30. The molecule has 0 aliphatic carbocycles. The van der Waals surface area contributed by atoms with Gasteiger partial charge in [0.2, 0.25) is 0 Å². The summed E-state index contributed by atoms with van der Waals surface area (Å²) >= 11 is 1.78. The third-order valence-corrected chi connectivity index (χ3v) is 5.69. The Morgan fingerprint density at radius 1 is 1.27 bits per heavy atom. The second-order valence-electron chi connectivity index (χ2n) is 6.64. The number of likely N-dealkylation sites (tertiary alicyclic amines) is 1. The quantitative estimate of drug-likeness (QED) is 0.654. The molecule has 1 atom stereocenters. The fraction of sp³-hybridized carbons (Fsp3) is 0.409. The molecule has 3 nitrogen and oxygen atoms in total. The van der Waals surface area contributed by atoms with Gasteiger partial charge in [-0.3, -0.25) is 4.79 Å². The number of hydrogen-bond donors (Lipinski definition) is 0. The minimum atomic E-state index is -0.0312. The Hall–Kier alpha value is -1.91. The molecule has 3 rings (SSSR count). The molecule has 0 N–H and O–H groups in total. The predicted molar refractivity (Wildman–Crippen MR) is 108 cm³/mol. The van der Waals surface area contributed by atoms with Gasteiger partial charge in [-0.25, -0.2) is 0 Å². The maximum atomic E-state index is 12.0. The van der Waals surface area contributed by atoms with E-state index >= 15 is 0 Å². The molecule has 138 valence electrons. The van der Waals surface area contributed by atoms with Crippen LogP contribution in [0.2, 0.25) is 0 Å². The van der Waals surface area contributed by atoms with Gasteiger partial charge >= 0.3 is 5.97 Å². The van der Waals surface area contributed by atoms with Crippen molar-refractivity contribution in [2.45, 2.75) is 26.2 Å². The number of rotatable bonds is 7. The molecule has 1 fully saturated rings. The van der Waals surface area contributed by atoms with Crippen LogP contribution >= 0.6 is 11.3 Å². The number of thiophene rings is 1. The normalized spacial score (nSPS) is 18.7. The van der Waals surface area contributed by atoms with Crippen LogP contribution in [0.3, 0.4) is 0 Å². The summed E-state index contributed by atoms with van der Waals surface area (Å²) in [6, 6.07) is 14.9. The highest BCUT2D eigenvalue weighted by atomic mass is 32.1. The summed E-state index contributed by atoms with van der Waals surface area (Å²) < 4.78 is 5.20. The van der Waals surface area contributed by atoms with Crippen LogP contribution in [0.5, 0.6) is 0 Å². The molecule has 1 aromatic carbocycles.